The summed E-state index contributed by atoms with van der Waals surface area (Å²) in [6, 6.07) is 4.66. The number of anilines is 1. The summed E-state index contributed by atoms with van der Waals surface area (Å²) in [7, 11) is 1.30. The second-order valence-corrected chi connectivity index (χ2v) is 2.74. The van der Waals surface area contributed by atoms with Crippen LogP contribution in [0.3, 0.4) is 0 Å². The molecule has 0 aromatic heterocycles. The predicted molar refractivity (Wildman–Crippen MR) is 51.6 cm³/mol. The van der Waals surface area contributed by atoms with Crippen LogP contribution < -0.4 is 11.3 Å². The average molecular weight is 196 g/mol. The quantitative estimate of drug-likeness (QED) is 0.282. The molecule has 1 aromatic rings. The number of phenols is 1. The van der Waals surface area contributed by atoms with Gasteiger partial charge in [0.15, 0.2) is 0 Å². The molecule has 4 N–H and O–H groups in total. The molecule has 5 heteroatoms. The Morgan fingerprint density at radius 3 is 2.93 bits per heavy atom. The highest BCUT2D eigenvalue weighted by Gasteiger charge is 2.08. The number of benzene rings is 1. The van der Waals surface area contributed by atoms with Gasteiger partial charge in [-0.05, 0) is 18.2 Å². The summed E-state index contributed by atoms with van der Waals surface area (Å²) < 4.78 is 4.48. The summed E-state index contributed by atoms with van der Waals surface area (Å²) in [5, 5.41) is 9.40. The number of aromatic hydroxyl groups is 1. The van der Waals surface area contributed by atoms with Gasteiger partial charge in [-0.3, -0.25) is 10.6 Å². The van der Waals surface area contributed by atoms with E-state index in [0.717, 1.165) is 0 Å². The van der Waals surface area contributed by atoms with Crippen LogP contribution in [-0.4, -0.2) is 18.2 Å². The third-order valence-corrected chi connectivity index (χ3v) is 1.81. The molecule has 1 aromatic carbocycles. The molecule has 0 radical (unpaired) electrons. The number of rotatable bonds is 3. The summed E-state index contributed by atoms with van der Waals surface area (Å²) in [4.78, 5) is 10.9. The first-order valence-electron chi connectivity index (χ1n) is 4.02. The van der Waals surface area contributed by atoms with Crippen molar-refractivity contribution in [2.75, 3.05) is 12.5 Å². The first-order valence-corrected chi connectivity index (χ1v) is 4.02. The molecule has 0 atom stereocenters. The van der Waals surface area contributed by atoms with Crippen LogP contribution in [0, 0.1) is 0 Å². The Labute approximate surface area is 81.5 Å². The Morgan fingerprint density at radius 2 is 2.36 bits per heavy atom. The van der Waals surface area contributed by atoms with E-state index in [1.165, 1.54) is 13.2 Å². The molecule has 0 amide bonds. The normalized spacial score (nSPS) is 9.57. The highest BCUT2D eigenvalue weighted by Crippen LogP contribution is 2.21. The standard InChI is InChI=1S/C9H12N2O3/c1-14-9(13)5-6-4-7(11-10)2-3-8(6)12/h2-4,11-12H,5,10H2,1H3. The Hall–Kier alpha value is -1.75. The van der Waals surface area contributed by atoms with Crippen molar-refractivity contribution in [3.63, 3.8) is 0 Å². The van der Waals surface area contributed by atoms with Crippen LogP contribution >= 0.6 is 0 Å². The van der Waals surface area contributed by atoms with Crippen LogP contribution in [0.2, 0.25) is 0 Å². The zero-order chi connectivity index (χ0) is 10.6. The molecule has 0 fully saturated rings. The molecule has 0 saturated heterocycles. The Kier molecular flexibility index (Phi) is 3.30. The van der Waals surface area contributed by atoms with Gasteiger partial charge in [-0.2, -0.15) is 0 Å². The number of carbonyl (C=O) groups excluding carboxylic acids is 1. The topological polar surface area (TPSA) is 84.6 Å². The van der Waals surface area contributed by atoms with Crippen LogP contribution in [0.4, 0.5) is 5.69 Å². The van der Waals surface area contributed by atoms with Gasteiger partial charge >= 0.3 is 5.97 Å². The van der Waals surface area contributed by atoms with E-state index in [-0.39, 0.29) is 12.2 Å². The summed E-state index contributed by atoms with van der Waals surface area (Å²) >= 11 is 0. The van der Waals surface area contributed by atoms with Crippen molar-refractivity contribution in [1.82, 2.24) is 0 Å². The van der Waals surface area contributed by atoms with E-state index in [1.54, 1.807) is 12.1 Å². The van der Waals surface area contributed by atoms with Crippen molar-refractivity contribution in [3.05, 3.63) is 23.8 Å². The van der Waals surface area contributed by atoms with Crippen molar-refractivity contribution in [1.29, 1.82) is 0 Å². The van der Waals surface area contributed by atoms with E-state index in [0.29, 0.717) is 11.3 Å². The van der Waals surface area contributed by atoms with Crippen molar-refractivity contribution in [2.45, 2.75) is 6.42 Å². The third kappa shape index (κ3) is 2.37. The lowest BCUT2D eigenvalue weighted by Gasteiger charge is -2.06. The van der Waals surface area contributed by atoms with Gasteiger partial charge in [-0.25, -0.2) is 0 Å². The fraction of sp³-hybridized carbons (Fsp3) is 0.222. The van der Waals surface area contributed by atoms with E-state index in [1.807, 2.05) is 0 Å². The number of methoxy groups -OCH3 is 1. The SMILES string of the molecule is COC(=O)Cc1cc(NN)ccc1O. The number of esters is 1. The molecular formula is C9H12N2O3. The van der Waals surface area contributed by atoms with Crippen molar-refractivity contribution in [3.8, 4) is 5.75 Å². The number of ether oxygens (including phenoxy) is 1. The minimum atomic E-state index is -0.408. The second kappa shape index (κ2) is 4.48. The van der Waals surface area contributed by atoms with Crippen LogP contribution in [0.5, 0.6) is 5.75 Å². The van der Waals surface area contributed by atoms with Gasteiger partial charge in [0.05, 0.1) is 13.5 Å². The third-order valence-electron chi connectivity index (χ3n) is 1.81. The number of hydrogen-bond acceptors (Lipinski definition) is 5. The summed E-state index contributed by atoms with van der Waals surface area (Å²) in [5.74, 6) is 4.83. The monoisotopic (exact) mass is 196 g/mol. The number of hydrogen-bond donors (Lipinski definition) is 3. The number of nitrogens with two attached hydrogens (primary N) is 1. The van der Waals surface area contributed by atoms with E-state index in [4.69, 9.17) is 5.84 Å². The smallest absolute Gasteiger partial charge is 0.310 e. The summed E-state index contributed by atoms with van der Waals surface area (Å²) in [5.41, 5.74) is 3.53. The Bertz CT molecular complexity index is 339. The minimum absolute atomic E-state index is 0.0256. The van der Waals surface area contributed by atoms with E-state index >= 15 is 0 Å². The van der Waals surface area contributed by atoms with Gasteiger partial charge in [0.25, 0.3) is 0 Å². The van der Waals surface area contributed by atoms with Gasteiger partial charge in [0, 0.05) is 11.3 Å². The van der Waals surface area contributed by atoms with Gasteiger partial charge in [0.2, 0.25) is 0 Å². The maximum absolute atomic E-state index is 10.9. The van der Waals surface area contributed by atoms with Crippen LogP contribution in [-0.2, 0) is 16.0 Å². The molecular weight excluding hydrogens is 184 g/mol. The molecule has 5 nitrogen and oxygen atoms in total. The van der Waals surface area contributed by atoms with E-state index in [9.17, 15) is 9.90 Å². The fourth-order valence-corrected chi connectivity index (χ4v) is 1.04. The van der Waals surface area contributed by atoms with Gasteiger partial charge in [-0.15, -0.1) is 0 Å². The molecule has 0 aliphatic carbocycles. The maximum Gasteiger partial charge on any atom is 0.310 e. The first-order chi connectivity index (χ1) is 6.67. The van der Waals surface area contributed by atoms with E-state index in [2.05, 4.69) is 10.2 Å². The lowest BCUT2D eigenvalue weighted by atomic mass is 10.1. The predicted octanol–water partition coefficient (Wildman–Crippen LogP) is 0.393. The minimum Gasteiger partial charge on any atom is -0.508 e. The molecule has 1 rings (SSSR count). The van der Waals surface area contributed by atoms with Gasteiger partial charge in [-0.1, -0.05) is 0 Å². The molecule has 0 bridgehead atoms. The lowest BCUT2D eigenvalue weighted by molar-refractivity contribution is -0.139. The van der Waals surface area contributed by atoms with Gasteiger partial charge in [0.1, 0.15) is 5.75 Å². The number of phenolic OH excluding ortho intramolecular Hbond substituents is 1. The molecule has 0 aliphatic rings. The van der Waals surface area contributed by atoms with Crippen LogP contribution in [0.25, 0.3) is 0 Å². The van der Waals surface area contributed by atoms with Crippen molar-refractivity contribution < 1.29 is 14.6 Å². The average Bonchev–Trinajstić information content (AvgIpc) is 2.21. The number of carbonyl (C=O) groups is 1. The summed E-state index contributed by atoms with van der Waals surface area (Å²) in [6.07, 6.45) is 0.0256. The number of nitrogen functional groups attached to an aromatic ring is 1. The largest absolute Gasteiger partial charge is 0.508 e. The second-order valence-electron chi connectivity index (χ2n) is 2.74. The van der Waals surface area contributed by atoms with Crippen molar-refractivity contribution >= 4 is 11.7 Å². The molecule has 0 saturated carbocycles. The molecule has 0 unspecified atom stereocenters. The van der Waals surface area contributed by atoms with Crippen LogP contribution in [0.1, 0.15) is 5.56 Å². The van der Waals surface area contributed by atoms with Crippen LogP contribution in [0.15, 0.2) is 18.2 Å². The highest BCUT2D eigenvalue weighted by atomic mass is 16.5. The number of hydrazine groups is 1. The lowest BCUT2D eigenvalue weighted by Crippen LogP contribution is -2.08. The Morgan fingerprint density at radius 1 is 1.64 bits per heavy atom. The first kappa shape index (κ1) is 10.3. The zero-order valence-electron chi connectivity index (χ0n) is 7.78. The highest BCUT2D eigenvalue weighted by molar-refractivity contribution is 5.74. The van der Waals surface area contributed by atoms with Gasteiger partial charge < -0.3 is 15.3 Å². The molecule has 0 spiro atoms. The number of nitrogens with one attached hydrogen (secondary N) is 1. The van der Waals surface area contributed by atoms with Crippen molar-refractivity contribution in [2.24, 2.45) is 5.84 Å². The summed E-state index contributed by atoms with van der Waals surface area (Å²) in [6.45, 7) is 0. The maximum atomic E-state index is 10.9. The molecule has 0 aliphatic heterocycles. The fourth-order valence-electron chi connectivity index (χ4n) is 1.04. The zero-order valence-corrected chi connectivity index (χ0v) is 7.78. The Balaban J connectivity index is 2.89. The van der Waals surface area contributed by atoms with E-state index < -0.39 is 5.97 Å². The molecule has 14 heavy (non-hydrogen) atoms. The molecule has 0 heterocycles. The molecule has 76 valence electrons.